The van der Waals surface area contributed by atoms with E-state index in [0.29, 0.717) is 24.3 Å². The summed E-state index contributed by atoms with van der Waals surface area (Å²) in [6.45, 7) is 0.860. The van der Waals surface area contributed by atoms with Crippen molar-refractivity contribution in [3.8, 4) is 0 Å². The predicted octanol–water partition coefficient (Wildman–Crippen LogP) is 1.27. The number of pyridine rings is 1. The van der Waals surface area contributed by atoms with E-state index in [2.05, 4.69) is 4.98 Å². The fraction of sp³-hybridized carbons (Fsp3) is 0.357. The molecule has 3 rings (SSSR count). The van der Waals surface area contributed by atoms with E-state index >= 15 is 0 Å². The lowest BCUT2D eigenvalue weighted by molar-refractivity contribution is -0.143. The second-order valence-corrected chi connectivity index (χ2v) is 5.02. The molecule has 3 heterocycles. The summed E-state index contributed by atoms with van der Waals surface area (Å²) in [6.07, 6.45) is 4.86. The minimum absolute atomic E-state index is 0.195. The predicted molar refractivity (Wildman–Crippen MR) is 71.5 cm³/mol. The van der Waals surface area contributed by atoms with Gasteiger partial charge in [0.25, 0.3) is 5.91 Å². The summed E-state index contributed by atoms with van der Waals surface area (Å²) in [5.41, 5.74) is 1.07. The number of likely N-dealkylation sites (tertiary alicyclic amines) is 1. The van der Waals surface area contributed by atoms with Crippen LogP contribution in [0.2, 0.25) is 0 Å². The van der Waals surface area contributed by atoms with E-state index in [1.54, 1.807) is 15.5 Å². The summed E-state index contributed by atoms with van der Waals surface area (Å²) in [6, 6.07) is 5.55. The van der Waals surface area contributed by atoms with E-state index in [-0.39, 0.29) is 12.5 Å². The summed E-state index contributed by atoms with van der Waals surface area (Å²) >= 11 is 0. The quantitative estimate of drug-likeness (QED) is 0.894. The molecule has 1 N–H and O–H groups in total. The highest BCUT2D eigenvalue weighted by atomic mass is 16.4. The van der Waals surface area contributed by atoms with Crippen LogP contribution < -0.4 is 0 Å². The Hall–Kier alpha value is -2.37. The SMILES string of the molecule is O=C(O)[C@@H]1CCCN(C(=O)c2cn3ccccc3n2)C1. The zero-order valence-corrected chi connectivity index (χ0v) is 10.9. The first-order chi connectivity index (χ1) is 9.65. The van der Waals surface area contributed by atoms with Crippen LogP contribution in [-0.4, -0.2) is 44.4 Å². The number of carbonyl (C=O) groups is 2. The molecule has 0 radical (unpaired) electrons. The van der Waals surface area contributed by atoms with Gasteiger partial charge in [-0.25, -0.2) is 4.98 Å². The molecule has 1 aliphatic rings. The Morgan fingerprint density at radius 1 is 1.35 bits per heavy atom. The number of carboxylic acids is 1. The lowest BCUT2D eigenvalue weighted by atomic mass is 9.98. The van der Waals surface area contributed by atoms with Crippen molar-refractivity contribution in [2.45, 2.75) is 12.8 Å². The van der Waals surface area contributed by atoms with Gasteiger partial charge in [0.15, 0.2) is 0 Å². The van der Waals surface area contributed by atoms with Crippen LogP contribution in [0.1, 0.15) is 23.3 Å². The third-order valence-electron chi connectivity index (χ3n) is 3.64. The van der Waals surface area contributed by atoms with Crippen molar-refractivity contribution in [3.63, 3.8) is 0 Å². The van der Waals surface area contributed by atoms with E-state index in [1.807, 2.05) is 24.4 Å². The van der Waals surface area contributed by atoms with Gasteiger partial charge in [-0.1, -0.05) is 6.07 Å². The molecule has 0 saturated carbocycles. The van der Waals surface area contributed by atoms with E-state index in [9.17, 15) is 9.59 Å². The minimum Gasteiger partial charge on any atom is -0.481 e. The highest BCUT2D eigenvalue weighted by Crippen LogP contribution is 2.18. The topological polar surface area (TPSA) is 74.9 Å². The zero-order valence-electron chi connectivity index (χ0n) is 10.9. The third kappa shape index (κ3) is 2.24. The number of imidazole rings is 1. The number of fused-ring (bicyclic) bond motifs is 1. The number of aromatic nitrogens is 2. The zero-order chi connectivity index (χ0) is 14.1. The van der Waals surface area contributed by atoms with Crippen LogP contribution in [0, 0.1) is 5.92 Å². The van der Waals surface area contributed by atoms with Crippen LogP contribution >= 0.6 is 0 Å². The van der Waals surface area contributed by atoms with E-state index in [1.165, 1.54) is 0 Å². The average Bonchev–Trinajstić information content (AvgIpc) is 2.90. The molecule has 104 valence electrons. The number of hydrogen-bond acceptors (Lipinski definition) is 3. The normalized spacial score (nSPS) is 19.2. The van der Waals surface area contributed by atoms with Crippen LogP contribution in [0.15, 0.2) is 30.6 Å². The number of rotatable bonds is 2. The van der Waals surface area contributed by atoms with Gasteiger partial charge in [-0.15, -0.1) is 0 Å². The van der Waals surface area contributed by atoms with Gasteiger partial charge in [-0.05, 0) is 25.0 Å². The molecular formula is C14H15N3O3. The summed E-state index contributed by atoms with van der Waals surface area (Å²) in [4.78, 5) is 29.3. The van der Waals surface area contributed by atoms with Gasteiger partial charge < -0.3 is 14.4 Å². The Kier molecular flexibility index (Phi) is 3.14. The molecule has 1 fully saturated rings. The molecule has 6 nitrogen and oxygen atoms in total. The standard InChI is InChI=1S/C14H15N3O3/c18-13(17-7-3-4-10(8-17)14(19)20)11-9-16-6-2-1-5-12(16)15-11/h1-2,5-6,9-10H,3-4,7-8H2,(H,19,20)/t10-/m1/s1. The monoisotopic (exact) mass is 273 g/mol. The summed E-state index contributed by atoms with van der Waals surface area (Å²) in [5, 5.41) is 9.07. The Labute approximate surface area is 115 Å². The largest absolute Gasteiger partial charge is 0.481 e. The van der Waals surface area contributed by atoms with E-state index in [4.69, 9.17) is 5.11 Å². The van der Waals surface area contributed by atoms with Gasteiger partial charge in [0.2, 0.25) is 0 Å². The van der Waals surface area contributed by atoms with Crippen LogP contribution in [0.25, 0.3) is 5.65 Å². The second-order valence-electron chi connectivity index (χ2n) is 5.02. The molecule has 0 bridgehead atoms. The Balaban J connectivity index is 1.82. The van der Waals surface area contributed by atoms with Crippen molar-refractivity contribution in [1.82, 2.24) is 14.3 Å². The number of amides is 1. The number of carboxylic acid groups (broad SMARTS) is 1. The maximum Gasteiger partial charge on any atom is 0.308 e. The Bertz CT molecular complexity index is 631. The van der Waals surface area contributed by atoms with Crippen LogP contribution in [0.4, 0.5) is 0 Å². The van der Waals surface area contributed by atoms with Crippen LogP contribution in [0.5, 0.6) is 0 Å². The van der Waals surface area contributed by atoms with Gasteiger partial charge >= 0.3 is 5.97 Å². The molecule has 1 aliphatic heterocycles. The first-order valence-corrected chi connectivity index (χ1v) is 6.61. The molecule has 0 aliphatic carbocycles. The molecule has 2 aromatic rings. The van der Waals surface area contributed by atoms with Crippen molar-refractivity contribution in [2.75, 3.05) is 13.1 Å². The lowest BCUT2D eigenvalue weighted by Crippen LogP contribution is -2.42. The number of hydrogen-bond donors (Lipinski definition) is 1. The van der Waals surface area contributed by atoms with E-state index < -0.39 is 11.9 Å². The van der Waals surface area contributed by atoms with Crippen molar-refractivity contribution in [1.29, 1.82) is 0 Å². The highest BCUT2D eigenvalue weighted by molar-refractivity contribution is 5.93. The van der Waals surface area contributed by atoms with Gasteiger partial charge in [-0.3, -0.25) is 9.59 Å². The fourth-order valence-corrected chi connectivity index (χ4v) is 2.56. The van der Waals surface area contributed by atoms with Gasteiger partial charge in [0.05, 0.1) is 5.92 Å². The van der Waals surface area contributed by atoms with Gasteiger partial charge in [-0.2, -0.15) is 0 Å². The number of piperidine rings is 1. The molecule has 1 atom stereocenters. The minimum atomic E-state index is -0.836. The number of nitrogens with zero attached hydrogens (tertiary/aromatic N) is 3. The molecule has 2 aromatic heterocycles. The van der Waals surface area contributed by atoms with E-state index in [0.717, 1.165) is 6.42 Å². The summed E-state index contributed by atoms with van der Waals surface area (Å²) in [5.74, 6) is -1.50. The highest BCUT2D eigenvalue weighted by Gasteiger charge is 2.29. The summed E-state index contributed by atoms with van der Waals surface area (Å²) in [7, 11) is 0. The molecule has 0 aromatic carbocycles. The summed E-state index contributed by atoms with van der Waals surface area (Å²) < 4.78 is 1.78. The maximum atomic E-state index is 12.4. The first kappa shape index (κ1) is 12.7. The average molecular weight is 273 g/mol. The molecule has 1 amide bonds. The first-order valence-electron chi connectivity index (χ1n) is 6.61. The van der Waals surface area contributed by atoms with Crippen molar-refractivity contribution >= 4 is 17.5 Å². The molecule has 1 saturated heterocycles. The lowest BCUT2D eigenvalue weighted by Gasteiger charge is -2.30. The van der Waals surface area contributed by atoms with Crippen LogP contribution in [-0.2, 0) is 4.79 Å². The number of aliphatic carboxylic acids is 1. The number of carbonyl (C=O) groups excluding carboxylic acids is 1. The van der Waals surface area contributed by atoms with Crippen molar-refractivity contribution < 1.29 is 14.7 Å². The Morgan fingerprint density at radius 2 is 2.20 bits per heavy atom. The van der Waals surface area contributed by atoms with Gasteiger partial charge in [0, 0.05) is 25.5 Å². The van der Waals surface area contributed by atoms with Crippen LogP contribution in [0.3, 0.4) is 0 Å². The third-order valence-corrected chi connectivity index (χ3v) is 3.64. The fourth-order valence-electron chi connectivity index (χ4n) is 2.56. The van der Waals surface area contributed by atoms with Crippen molar-refractivity contribution in [2.24, 2.45) is 5.92 Å². The molecule has 0 spiro atoms. The maximum absolute atomic E-state index is 12.4. The van der Waals surface area contributed by atoms with Gasteiger partial charge in [0.1, 0.15) is 11.3 Å². The molecule has 0 unspecified atom stereocenters. The Morgan fingerprint density at radius 3 is 2.95 bits per heavy atom. The van der Waals surface area contributed by atoms with Crippen molar-refractivity contribution in [3.05, 3.63) is 36.3 Å². The molecule has 6 heteroatoms. The second kappa shape index (κ2) is 4.96. The molecule has 20 heavy (non-hydrogen) atoms. The molecular weight excluding hydrogens is 258 g/mol. The smallest absolute Gasteiger partial charge is 0.308 e.